The van der Waals surface area contributed by atoms with Crippen LogP contribution in [-0.2, 0) is 4.74 Å². The average molecular weight is 415 g/mol. The molecule has 1 unspecified atom stereocenters. The summed E-state index contributed by atoms with van der Waals surface area (Å²) in [5.74, 6) is -0.946. The number of carbonyl (C=O) groups is 1. The van der Waals surface area contributed by atoms with E-state index in [2.05, 4.69) is 16.7 Å². The van der Waals surface area contributed by atoms with Crippen LogP contribution in [0.15, 0.2) is 61.4 Å². The fraction of sp³-hybridized carbons (Fsp3) is 0.200. The van der Waals surface area contributed by atoms with E-state index < -0.39 is 5.82 Å². The summed E-state index contributed by atoms with van der Waals surface area (Å²) in [5.41, 5.74) is 3.27. The summed E-state index contributed by atoms with van der Waals surface area (Å²) in [6, 6.07) is 12.3. The van der Waals surface area contributed by atoms with E-state index in [-0.39, 0.29) is 17.6 Å². The molecule has 1 aliphatic heterocycles. The van der Waals surface area contributed by atoms with Gasteiger partial charge in [-0.3, -0.25) is 4.79 Å². The number of carbonyl (C=O) groups excluding carboxylic acids is 1. The zero-order valence-electron chi connectivity index (χ0n) is 17.0. The molecular formula is C25H22FN3O2. The van der Waals surface area contributed by atoms with Crippen LogP contribution in [0.3, 0.4) is 0 Å². The first-order chi connectivity index (χ1) is 15.2. The highest BCUT2D eigenvalue weighted by Crippen LogP contribution is 2.31. The van der Waals surface area contributed by atoms with Crippen molar-refractivity contribution in [1.82, 2.24) is 14.8 Å². The molecule has 4 aromatic rings. The summed E-state index contributed by atoms with van der Waals surface area (Å²) in [5, 5.41) is 5.22. The van der Waals surface area contributed by atoms with Gasteiger partial charge in [0.1, 0.15) is 5.82 Å². The zero-order chi connectivity index (χ0) is 21.4. The molecule has 5 nitrogen and oxygen atoms in total. The molecule has 0 saturated carbocycles. The lowest BCUT2D eigenvalue weighted by atomic mass is 9.94. The highest BCUT2D eigenvalue weighted by molar-refractivity contribution is 6.14. The number of benzene rings is 2. The van der Waals surface area contributed by atoms with Crippen molar-refractivity contribution in [3.63, 3.8) is 0 Å². The maximum absolute atomic E-state index is 14.9. The van der Waals surface area contributed by atoms with Gasteiger partial charge in [-0.25, -0.2) is 9.07 Å². The highest BCUT2D eigenvalue weighted by Gasteiger charge is 2.23. The Bertz CT molecular complexity index is 1280. The molecule has 1 atom stereocenters. The number of fused-ring (bicyclic) bond motifs is 1. The van der Waals surface area contributed by atoms with Crippen molar-refractivity contribution < 1.29 is 13.9 Å². The van der Waals surface area contributed by atoms with Crippen LogP contribution in [0, 0.1) is 5.82 Å². The Morgan fingerprint density at radius 3 is 2.97 bits per heavy atom. The summed E-state index contributed by atoms with van der Waals surface area (Å²) in [4.78, 5) is 16.4. The van der Waals surface area contributed by atoms with Gasteiger partial charge in [0, 0.05) is 41.0 Å². The SMILES string of the molecule is C=Cc1c(C(=O)c2cccc(-c3ccnn3C3CCCCO3)c2)c(F)cc2[nH]ccc12. The molecular weight excluding hydrogens is 393 g/mol. The molecule has 156 valence electrons. The molecule has 3 heterocycles. The Hall–Kier alpha value is -3.51. The number of ketones is 1. The molecule has 6 heteroatoms. The molecule has 1 aliphatic rings. The Labute approximate surface area is 179 Å². The molecule has 2 aromatic heterocycles. The largest absolute Gasteiger partial charge is 0.361 e. The van der Waals surface area contributed by atoms with Crippen molar-refractivity contribution in [3.05, 3.63) is 83.9 Å². The number of rotatable bonds is 5. The fourth-order valence-electron chi connectivity index (χ4n) is 4.29. The molecule has 1 saturated heterocycles. The molecule has 0 bridgehead atoms. The van der Waals surface area contributed by atoms with Gasteiger partial charge in [-0.2, -0.15) is 5.10 Å². The molecule has 31 heavy (non-hydrogen) atoms. The molecule has 0 radical (unpaired) electrons. The van der Waals surface area contributed by atoms with E-state index in [0.29, 0.717) is 23.3 Å². The second-order valence-electron chi connectivity index (χ2n) is 7.68. The monoisotopic (exact) mass is 415 g/mol. The minimum atomic E-state index is -0.569. The quantitative estimate of drug-likeness (QED) is 0.423. The Morgan fingerprint density at radius 1 is 1.26 bits per heavy atom. The van der Waals surface area contributed by atoms with E-state index in [1.165, 1.54) is 12.1 Å². The average Bonchev–Trinajstić information content (AvgIpc) is 3.48. The van der Waals surface area contributed by atoms with Crippen LogP contribution in [0.4, 0.5) is 4.39 Å². The van der Waals surface area contributed by atoms with Gasteiger partial charge < -0.3 is 9.72 Å². The van der Waals surface area contributed by atoms with Crippen molar-refractivity contribution in [2.75, 3.05) is 6.61 Å². The number of hydrogen-bond donors (Lipinski definition) is 1. The summed E-state index contributed by atoms with van der Waals surface area (Å²) >= 11 is 0. The third-order valence-electron chi connectivity index (χ3n) is 5.80. The van der Waals surface area contributed by atoms with E-state index >= 15 is 0 Å². The van der Waals surface area contributed by atoms with Gasteiger partial charge in [0.05, 0.1) is 11.3 Å². The topological polar surface area (TPSA) is 59.9 Å². The lowest BCUT2D eigenvalue weighted by molar-refractivity contribution is -0.0383. The van der Waals surface area contributed by atoms with Crippen molar-refractivity contribution in [3.8, 4) is 11.3 Å². The van der Waals surface area contributed by atoms with Crippen LogP contribution in [0.25, 0.3) is 28.2 Å². The minimum absolute atomic E-state index is 0.0309. The maximum atomic E-state index is 14.9. The summed E-state index contributed by atoms with van der Waals surface area (Å²) < 4.78 is 22.7. The maximum Gasteiger partial charge on any atom is 0.196 e. The molecule has 1 N–H and O–H groups in total. The van der Waals surface area contributed by atoms with Gasteiger partial charge >= 0.3 is 0 Å². The van der Waals surface area contributed by atoms with Gasteiger partial charge in [0.2, 0.25) is 0 Å². The molecule has 0 spiro atoms. The van der Waals surface area contributed by atoms with E-state index in [1.807, 2.05) is 28.9 Å². The molecule has 0 aliphatic carbocycles. The third kappa shape index (κ3) is 3.39. The van der Waals surface area contributed by atoms with Crippen LogP contribution < -0.4 is 0 Å². The highest BCUT2D eigenvalue weighted by atomic mass is 19.1. The van der Waals surface area contributed by atoms with Gasteiger partial charge in [0.15, 0.2) is 12.0 Å². The second kappa shape index (κ2) is 7.96. The number of hydrogen-bond acceptors (Lipinski definition) is 3. The normalized spacial score (nSPS) is 16.5. The third-order valence-corrected chi connectivity index (χ3v) is 5.80. The summed E-state index contributed by atoms with van der Waals surface area (Å²) in [7, 11) is 0. The zero-order valence-corrected chi connectivity index (χ0v) is 17.0. The first-order valence-corrected chi connectivity index (χ1v) is 10.4. The Kier molecular flexibility index (Phi) is 5.00. The van der Waals surface area contributed by atoms with E-state index in [0.717, 1.165) is 35.9 Å². The number of nitrogens with one attached hydrogen (secondary N) is 1. The lowest BCUT2D eigenvalue weighted by Crippen LogP contribution is -2.19. The van der Waals surface area contributed by atoms with Crippen LogP contribution in [-0.4, -0.2) is 27.2 Å². The van der Waals surface area contributed by atoms with Gasteiger partial charge in [-0.1, -0.05) is 30.9 Å². The van der Waals surface area contributed by atoms with Crippen LogP contribution in [0.1, 0.15) is 47.0 Å². The van der Waals surface area contributed by atoms with Gasteiger partial charge in [-0.05, 0) is 49.1 Å². The van der Waals surface area contributed by atoms with Crippen molar-refractivity contribution in [2.45, 2.75) is 25.5 Å². The summed E-state index contributed by atoms with van der Waals surface area (Å²) in [6.07, 6.45) is 7.92. The molecule has 0 amide bonds. The van der Waals surface area contributed by atoms with Crippen LogP contribution >= 0.6 is 0 Å². The van der Waals surface area contributed by atoms with E-state index in [4.69, 9.17) is 4.74 Å². The first-order valence-electron chi connectivity index (χ1n) is 10.4. The smallest absolute Gasteiger partial charge is 0.196 e. The van der Waals surface area contributed by atoms with E-state index in [9.17, 15) is 9.18 Å². The van der Waals surface area contributed by atoms with Gasteiger partial charge in [0.25, 0.3) is 0 Å². The molecule has 2 aromatic carbocycles. The Morgan fingerprint density at radius 2 is 2.16 bits per heavy atom. The van der Waals surface area contributed by atoms with Gasteiger partial charge in [-0.15, -0.1) is 0 Å². The minimum Gasteiger partial charge on any atom is -0.361 e. The van der Waals surface area contributed by atoms with Crippen LogP contribution in [0.2, 0.25) is 0 Å². The first kappa shape index (κ1) is 19.5. The fourth-order valence-corrected chi connectivity index (χ4v) is 4.29. The predicted octanol–water partition coefficient (Wildman–Crippen LogP) is 5.74. The Balaban J connectivity index is 1.56. The number of ether oxygens (including phenoxy) is 1. The summed E-state index contributed by atoms with van der Waals surface area (Å²) in [6.45, 7) is 4.52. The number of aromatic nitrogens is 3. The van der Waals surface area contributed by atoms with Crippen molar-refractivity contribution in [2.24, 2.45) is 0 Å². The molecule has 1 fully saturated rings. The number of aromatic amines is 1. The van der Waals surface area contributed by atoms with Crippen LogP contribution in [0.5, 0.6) is 0 Å². The van der Waals surface area contributed by atoms with E-state index in [1.54, 1.807) is 24.5 Å². The standard InChI is InChI=1S/C25H22FN3O2/c1-2-18-19-9-11-27-21(19)15-20(26)24(18)25(30)17-7-5-6-16(14-17)22-10-12-28-29(22)23-8-3-4-13-31-23/h2,5-7,9-12,14-15,23,27H,1,3-4,8,13H2. The second-order valence-corrected chi connectivity index (χ2v) is 7.68. The number of H-pyrrole nitrogens is 1. The lowest BCUT2D eigenvalue weighted by Gasteiger charge is -2.24. The van der Waals surface area contributed by atoms with Crippen molar-refractivity contribution in [1.29, 1.82) is 0 Å². The van der Waals surface area contributed by atoms with Crippen molar-refractivity contribution >= 4 is 22.8 Å². The predicted molar refractivity (Wildman–Crippen MR) is 118 cm³/mol. The number of halogens is 1. The number of nitrogens with zero attached hydrogens (tertiary/aromatic N) is 2. The molecule has 5 rings (SSSR count).